The molecule has 1 heterocycles. The van der Waals surface area contributed by atoms with Crippen LogP contribution in [0.2, 0.25) is 0 Å². The maximum atomic E-state index is 12.6. The van der Waals surface area contributed by atoms with E-state index in [1.807, 2.05) is 36.4 Å². The van der Waals surface area contributed by atoms with Gasteiger partial charge in [-0.05, 0) is 36.6 Å². The lowest BCUT2D eigenvalue weighted by molar-refractivity contribution is -0.132. The van der Waals surface area contributed by atoms with Crippen molar-refractivity contribution in [3.8, 4) is 0 Å². The number of thioether (sulfide) groups is 1. The van der Waals surface area contributed by atoms with Crippen molar-refractivity contribution in [2.75, 3.05) is 11.1 Å². The second-order valence-corrected chi connectivity index (χ2v) is 9.33. The van der Waals surface area contributed by atoms with Crippen molar-refractivity contribution < 1.29 is 14.7 Å². The van der Waals surface area contributed by atoms with Crippen LogP contribution >= 0.6 is 11.8 Å². The highest BCUT2D eigenvalue weighted by Crippen LogP contribution is 2.36. The molecule has 2 aromatic rings. The van der Waals surface area contributed by atoms with E-state index >= 15 is 0 Å². The Kier molecular flexibility index (Phi) is 9.42. The number of amides is 1. The van der Waals surface area contributed by atoms with Gasteiger partial charge in [-0.2, -0.15) is 0 Å². The lowest BCUT2D eigenvalue weighted by Crippen LogP contribution is -2.27. The second kappa shape index (κ2) is 12.5. The lowest BCUT2D eigenvalue weighted by atomic mass is 10.0. The van der Waals surface area contributed by atoms with E-state index in [0.717, 1.165) is 11.3 Å². The van der Waals surface area contributed by atoms with E-state index in [-0.39, 0.29) is 17.1 Å². The van der Waals surface area contributed by atoms with Crippen LogP contribution in [0, 0.1) is 0 Å². The van der Waals surface area contributed by atoms with Crippen LogP contribution in [0.4, 0.5) is 5.69 Å². The van der Waals surface area contributed by atoms with E-state index < -0.39 is 11.7 Å². The molecule has 0 radical (unpaired) electrons. The zero-order valence-corrected chi connectivity index (χ0v) is 19.7. The van der Waals surface area contributed by atoms with Gasteiger partial charge >= 0.3 is 0 Å². The van der Waals surface area contributed by atoms with Gasteiger partial charge in [0.2, 0.25) is 0 Å². The minimum atomic E-state index is -0.720. The lowest BCUT2D eigenvalue weighted by Gasteiger charge is -2.18. The van der Waals surface area contributed by atoms with E-state index in [1.165, 1.54) is 68.7 Å². The fraction of sp³-hybridized carbons (Fsp3) is 0.407. The summed E-state index contributed by atoms with van der Waals surface area (Å²) in [7, 11) is 0. The standard InChI is InChI=1S/C27H33NO3S/c1-2-3-4-5-6-7-8-9-12-20-15-17-21(18-16-20)28-27(31)26(30)23-19-32-24-14-11-10-13-22(24)25(23)29/h10-11,13-18,29H,2-9,12,19H2,1H3,(H,28,31). The van der Waals surface area contributed by atoms with Gasteiger partial charge in [-0.3, -0.25) is 9.59 Å². The van der Waals surface area contributed by atoms with Gasteiger partial charge in [-0.25, -0.2) is 0 Å². The Morgan fingerprint density at radius 2 is 1.56 bits per heavy atom. The van der Waals surface area contributed by atoms with Crippen molar-refractivity contribution >= 4 is 34.9 Å². The second-order valence-electron chi connectivity index (χ2n) is 8.32. The molecule has 0 atom stereocenters. The topological polar surface area (TPSA) is 66.4 Å². The number of aliphatic hydroxyl groups excluding tert-OH is 1. The summed E-state index contributed by atoms with van der Waals surface area (Å²) in [5.74, 6) is -1.22. The molecule has 3 rings (SSSR count). The van der Waals surface area contributed by atoms with Gasteiger partial charge in [0.25, 0.3) is 11.7 Å². The monoisotopic (exact) mass is 451 g/mol. The Balaban J connectivity index is 1.46. The highest BCUT2D eigenvalue weighted by molar-refractivity contribution is 7.99. The van der Waals surface area contributed by atoms with Crippen LogP contribution in [0.5, 0.6) is 0 Å². The summed E-state index contributed by atoms with van der Waals surface area (Å²) in [6.45, 7) is 2.24. The molecule has 5 heteroatoms. The van der Waals surface area contributed by atoms with Crippen molar-refractivity contribution in [1.29, 1.82) is 0 Å². The van der Waals surface area contributed by atoms with Crippen LogP contribution in [-0.2, 0) is 16.0 Å². The minimum Gasteiger partial charge on any atom is -0.507 e. The van der Waals surface area contributed by atoms with Crippen LogP contribution in [0.25, 0.3) is 5.76 Å². The SMILES string of the molecule is CCCCCCCCCCc1ccc(NC(=O)C(=O)C2=C(O)c3ccccc3SC2)cc1. The van der Waals surface area contributed by atoms with Crippen LogP contribution in [0.1, 0.15) is 69.4 Å². The molecule has 2 aromatic carbocycles. The molecular formula is C27H33NO3S. The maximum Gasteiger partial charge on any atom is 0.296 e. The van der Waals surface area contributed by atoms with Crippen molar-refractivity contribution in [3.63, 3.8) is 0 Å². The van der Waals surface area contributed by atoms with Crippen LogP contribution in [0.3, 0.4) is 0 Å². The summed E-state index contributed by atoms with van der Waals surface area (Å²) >= 11 is 1.45. The molecule has 32 heavy (non-hydrogen) atoms. The molecule has 0 spiro atoms. The van der Waals surface area contributed by atoms with E-state index in [4.69, 9.17) is 0 Å². The summed E-state index contributed by atoms with van der Waals surface area (Å²) in [5, 5.41) is 13.2. The Morgan fingerprint density at radius 1 is 0.906 bits per heavy atom. The molecule has 0 saturated heterocycles. The van der Waals surface area contributed by atoms with Crippen molar-refractivity contribution in [2.45, 2.75) is 69.6 Å². The Bertz CT molecular complexity index is 950. The number of Topliss-reactive ketones (excluding diaryl/α,β-unsaturated/α-hetero) is 1. The van der Waals surface area contributed by atoms with E-state index in [0.29, 0.717) is 11.3 Å². The third kappa shape index (κ3) is 6.73. The fourth-order valence-electron chi connectivity index (χ4n) is 3.88. The molecule has 0 fully saturated rings. The normalized spacial score (nSPS) is 13.0. The molecule has 4 nitrogen and oxygen atoms in total. The van der Waals surface area contributed by atoms with Gasteiger partial charge in [-0.15, -0.1) is 11.8 Å². The predicted octanol–water partition coefficient (Wildman–Crippen LogP) is 6.95. The number of benzene rings is 2. The number of rotatable bonds is 12. The number of carbonyl (C=O) groups excluding carboxylic acids is 2. The average Bonchev–Trinajstić information content (AvgIpc) is 2.82. The van der Waals surface area contributed by atoms with Gasteiger partial charge < -0.3 is 10.4 Å². The number of ketones is 1. The zero-order chi connectivity index (χ0) is 22.8. The molecule has 1 amide bonds. The summed E-state index contributed by atoms with van der Waals surface area (Å²) in [6.07, 6.45) is 11.4. The number of carbonyl (C=O) groups is 2. The largest absolute Gasteiger partial charge is 0.507 e. The first kappa shape index (κ1) is 24.1. The summed E-state index contributed by atoms with van der Waals surface area (Å²) < 4.78 is 0. The number of aryl methyl sites for hydroxylation is 1. The number of unbranched alkanes of at least 4 members (excludes halogenated alkanes) is 7. The van der Waals surface area contributed by atoms with Crippen LogP contribution in [-0.4, -0.2) is 22.5 Å². The third-order valence-electron chi connectivity index (χ3n) is 5.81. The highest BCUT2D eigenvalue weighted by atomic mass is 32.2. The first-order valence-corrected chi connectivity index (χ1v) is 12.7. The van der Waals surface area contributed by atoms with E-state index in [9.17, 15) is 14.7 Å². The number of nitrogens with one attached hydrogen (secondary N) is 1. The highest BCUT2D eigenvalue weighted by Gasteiger charge is 2.28. The Labute approximate surface area is 195 Å². The summed E-state index contributed by atoms with van der Waals surface area (Å²) in [4.78, 5) is 26.0. The molecule has 170 valence electrons. The predicted molar refractivity (Wildman–Crippen MR) is 133 cm³/mol. The molecular weight excluding hydrogens is 418 g/mol. The molecule has 1 aliphatic heterocycles. The molecule has 0 aromatic heterocycles. The Morgan fingerprint density at radius 3 is 2.28 bits per heavy atom. The number of fused-ring (bicyclic) bond motifs is 1. The van der Waals surface area contributed by atoms with Gasteiger partial charge in [0.05, 0.1) is 5.57 Å². The van der Waals surface area contributed by atoms with Gasteiger partial charge in [0.15, 0.2) is 0 Å². The average molecular weight is 452 g/mol. The number of hydrogen-bond donors (Lipinski definition) is 2. The summed E-state index contributed by atoms with van der Waals surface area (Å²) in [6, 6.07) is 15.0. The number of anilines is 1. The molecule has 0 unspecified atom stereocenters. The molecule has 1 aliphatic rings. The number of aliphatic hydroxyl groups is 1. The van der Waals surface area contributed by atoms with Gasteiger partial charge in [0.1, 0.15) is 5.76 Å². The smallest absolute Gasteiger partial charge is 0.296 e. The van der Waals surface area contributed by atoms with Crippen molar-refractivity contribution in [1.82, 2.24) is 0 Å². The quantitative estimate of drug-likeness (QED) is 0.271. The molecule has 0 aliphatic carbocycles. The minimum absolute atomic E-state index is 0.0970. The molecule has 0 bridgehead atoms. The van der Waals surface area contributed by atoms with Crippen molar-refractivity contribution in [3.05, 3.63) is 65.2 Å². The summed E-state index contributed by atoms with van der Waals surface area (Å²) in [5.41, 5.74) is 2.58. The zero-order valence-electron chi connectivity index (χ0n) is 18.9. The van der Waals surface area contributed by atoms with Crippen molar-refractivity contribution in [2.24, 2.45) is 0 Å². The Hall–Kier alpha value is -2.53. The maximum absolute atomic E-state index is 12.6. The first-order chi connectivity index (χ1) is 15.6. The fourth-order valence-corrected chi connectivity index (χ4v) is 4.95. The first-order valence-electron chi connectivity index (χ1n) is 11.7. The molecule has 0 saturated carbocycles. The van der Waals surface area contributed by atoms with E-state index in [2.05, 4.69) is 12.2 Å². The molecule has 2 N–H and O–H groups in total. The van der Waals surface area contributed by atoms with Gasteiger partial charge in [0, 0.05) is 21.9 Å². The third-order valence-corrected chi connectivity index (χ3v) is 6.91. The van der Waals surface area contributed by atoms with E-state index in [1.54, 1.807) is 12.1 Å². The van der Waals surface area contributed by atoms with Gasteiger partial charge in [-0.1, -0.05) is 82.2 Å². The number of hydrogen-bond acceptors (Lipinski definition) is 4. The van der Waals surface area contributed by atoms with Crippen LogP contribution < -0.4 is 5.32 Å². The van der Waals surface area contributed by atoms with Crippen LogP contribution in [0.15, 0.2) is 59.0 Å².